The summed E-state index contributed by atoms with van der Waals surface area (Å²) < 4.78 is 22.9. The van der Waals surface area contributed by atoms with Gasteiger partial charge in [0, 0.05) is 20.1 Å². The normalized spacial score (nSPS) is 21.1. The Kier molecular flexibility index (Phi) is 12.4. The van der Waals surface area contributed by atoms with Crippen LogP contribution in [0.2, 0.25) is 0 Å². The summed E-state index contributed by atoms with van der Waals surface area (Å²) in [5, 5.41) is 11.4. The summed E-state index contributed by atoms with van der Waals surface area (Å²) >= 11 is 0. The zero-order valence-corrected chi connectivity index (χ0v) is 24.4. The van der Waals surface area contributed by atoms with Crippen molar-refractivity contribution >= 4 is 0 Å². The van der Waals surface area contributed by atoms with Crippen molar-refractivity contribution in [2.75, 3.05) is 34.0 Å². The smallest absolute Gasteiger partial charge is 0.161 e. The predicted octanol–water partition coefficient (Wildman–Crippen LogP) is 7.12. The highest BCUT2D eigenvalue weighted by Crippen LogP contribution is 2.49. The second-order valence-electron chi connectivity index (χ2n) is 11.7. The largest absolute Gasteiger partial charge is 0.493 e. The summed E-state index contributed by atoms with van der Waals surface area (Å²) in [7, 11) is 3.39. The zero-order valence-electron chi connectivity index (χ0n) is 24.4. The lowest BCUT2D eigenvalue weighted by molar-refractivity contribution is 0.0237. The molecule has 5 atom stereocenters. The van der Waals surface area contributed by atoms with Crippen LogP contribution in [0.25, 0.3) is 0 Å². The third-order valence-corrected chi connectivity index (χ3v) is 8.35. The molecule has 0 aliphatic heterocycles. The maximum absolute atomic E-state index is 11.4. The average molecular weight is 527 g/mol. The Bertz CT molecular complexity index is 928. The highest BCUT2D eigenvalue weighted by molar-refractivity contribution is 5.44. The molecule has 0 radical (unpaired) electrons. The Hall–Kier alpha value is -2.08. The molecule has 1 aliphatic rings. The van der Waals surface area contributed by atoms with E-state index < -0.39 is 0 Å². The van der Waals surface area contributed by atoms with Gasteiger partial charge in [0.1, 0.15) is 0 Å². The number of hydrogen-bond donors (Lipinski definition) is 1. The number of rotatable bonds is 16. The fourth-order valence-corrected chi connectivity index (χ4v) is 5.91. The van der Waals surface area contributed by atoms with E-state index in [9.17, 15) is 5.11 Å². The number of methoxy groups -OCH3 is 2. The first-order valence-corrected chi connectivity index (χ1v) is 14.4. The zero-order chi connectivity index (χ0) is 27.5. The van der Waals surface area contributed by atoms with Crippen LogP contribution < -0.4 is 9.47 Å². The minimum Gasteiger partial charge on any atom is -0.493 e. The number of ether oxygens (including phenoxy) is 4. The van der Waals surface area contributed by atoms with Crippen molar-refractivity contribution in [1.82, 2.24) is 0 Å². The molecule has 38 heavy (non-hydrogen) atoms. The fourth-order valence-electron chi connectivity index (χ4n) is 5.91. The molecule has 2 aromatic rings. The Balaban J connectivity index is 1.65. The Morgan fingerprint density at radius 2 is 1.68 bits per heavy atom. The number of aliphatic hydroxyl groups is 1. The van der Waals surface area contributed by atoms with Gasteiger partial charge in [-0.2, -0.15) is 0 Å². The Labute approximate surface area is 230 Å². The van der Waals surface area contributed by atoms with E-state index in [1.54, 1.807) is 14.2 Å². The number of benzene rings is 2. The molecule has 3 unspecified atom stereocenters. The van der Waals surface area contributed by atoms with Crippen LogP contribution in [0.1, 0.15) is 70.4 Å². The highest BCUT2D eigenvalue weighted by Gasteiger charge is 2.40. The molecule has 0 saturated heterocycles. The molecule has 0 heterocycles. The van der Waals surface area contributed by atoms with E-state index in [1.165, 1.54) is 11.1 Å². The van der Waals surface area contributed by atoms with Gasteiger partial charge in [0.15, 0.2) is 11.5 Å². The SMILES string of the molecule is COCCCOc1cc([C@@H]2C[C@H](C(O)CC(COCc3ccccc3)C(C)C)CC2C(C)C)ccc1OC. The molecule has 0 aromatic heterocycles. The molecule has 0 spiro atoms. The summed E-state index contributed by atoms with van der Waals surface area (Å²) in [4.78, 5) is 0. The summed E-state index contributed by atoms with van der Waals surface area (Å²) in [6.07, 6.45) is 3.34. The molecular weight excluding hydrogens is 476 g/mol. The third kappa shape index (κ3) is 8.72. The van der Waals surface area contributed by atoms with E-state index in [1.807, 2.05) is 24.3 Å². The lowest BCUT2D eigenvalue weighted by Gasteiger charge is -2.27. The van der Waals surface area contributed by atoms with Gasteiger partial charge < -0.3 is 24.1 Å². The monoisotopic (exact) mass is 526 g/mol. The second kappa shape index (κ2) is 15.5. The molecule has 0 bridgehead atoms. The van der Waals surface area contributed by atoms with E-state index in [0.717, 1.165) is 37.2 Å². The van der Waals surface area contributed by atoms with Crippen LogP contribution in [-0.4, -0.2) is 45.3 Å². The van der Waals surface area contributed by atoms with Gasteiger partial charge in [0.2, 0.25) is 0 Å². The van der Waals surface area contributed by atoms with Gasteiger partial charge in [-0.05, 0) is 78.0 Å². The van der Waals surface area contributed by atoms with Crippen molar-refractivity contribution in [1.29, 1.82) is 0 Å². The maximum atomic E-state index is 11.4. The van der Waals surface area contributed by atoms with Crippen molar-refractivity contribution in [3.8, 4) is 11.5 Å². The van der Waals surface area contributed by atoms with E-state index in [0.29, 0.717) is 56.0 Å². The van der Waals surface area contributed by atoms with Crippen LogP contribution in [0.4, 0.5) is 0 Å². The first-order valence-electron chi connectivity index (χ1n) is 14.4. The van der Waals surface area contributed by atoms with Gasteiger partial charge in [0.05, 0.1) is 33.0 Å². The Morgan fingerprint density at radius 1 is 0.921 bits per heavy atom. The first kappa shape index (κ1) is 30.5. The van der Waals surface area contributed by atoms with Gasteiger partial charge in [-0.15, -0.1) is 0 Å². The van der Waals surface area contributed by atoms with Crippen LogP contribution in [0.3, 0.4) is 0 Å². The molecule has 1 fully saturated rings. The molecule has 3 rings (SSSR count). The lowest BCUT2D eigenvalue weighted by atomic mass is 9.82. The van der Waals surface area contributed by atoms with Crippen molar-refractivity contribution in [3.63, 3.8) is 0 Å². The summed E-state index contributed by atoms with van der Waals surface area (Å²) in [6, 6.07) is 16.7. The molecular formula is C33H50O5. The minimum absolute atomic E-state index is 0.288. The van der Waals surface area contributed by atoms with E-state index in [4.69, 9.17) is 18.9 Å². The summed E-state index contributed by atoms with van der Waals surface area (Å²) in [5.41, 5.74) is 2.48. The second-order valence-corrected chi connectivity index (χ2v) is 11.7. The minimum atomic E-state index is -0.322. The molecule has 1 N–H and O–H groups in total. The first-order chi connectivity index (χ1) is 18.3. The van der Waals surface area contributed by atoms with Crippen LogP contribution >= 0.6 is 0 Å². The van der Waals surface area contributed by atoms with Gasteiger partial charge in [-0.3, -0.25) is 0 Å². The van der Waals surface area contributed by atoms with E-state index in [-0.39, 0.29) is 12.0 Å². The molecule has 1 saturated carbocycles. The topological polar surface area (TPSA) is 57.2 Å². The van der Waals surface area contributed by atoms with Crippen molar-refractivity contribution in [2.24, 2.45) is 29.6 Å². The van der Waals surface area contributed by atoms with Crippen molar-refractivity contribution < 1.29 is 24.1 Å². The number of hydrogen-bond acceptors (Lipinski definition) is 5. The van der Waals surface area contributed by atoms with Crippen LogP contribution in [0.15, 0.2) is 48.5 Å². The highest BCUT2D eigenvalue weighted by atomic mass is 16.5. The fraction of sp³-hybridized carbons (Fsp3) is 0.636. The van der Waals surface area contributed by atoms with E-state index in [2.05, 4.69) is 52.0 Å². The van der Waals surface area contributed by atoms with Gasteiger partial charge in [-0.1, -0.05) is 64.1 Å². The van der Waals surface area contributed by atoms with Crippen LogP contribution in [0, 0.1) is 29.6 Å². The molecule has 5 heteroatoms. The standard InChI is InChI=1S/C33H50O5/c1-23(2)28(22-37-21-25-11-8-7-9-12-25)19-31(34)27-17-29(24(3)4)30(18-27)26-13-14-32(36-6)33(20-26)38-16-10-15-35-5/h7-9,11-14,20,23-24,27-31,34H,10,15-19,21-22H2,1-6H3/t27-,28?,29?,30+,31?/m1/s1. The Morgan fingerprint density at radius 3 is 2.34 bits per heavy atom. The summed E-state index contributed by atoms with van der Waals surface area (Å²) in [5.74, 6) is 4.10. The van der Waals surface area contributed by atoms with Crippen LogP contribution in [-0.2, 0) is 16.1 Å². The summed E-state index contributed by atoms with van der Waals surface area (Å²) in [6.45, 7) is 11.7. The molecule has 2 aromatic carbocycles. The van der Waals surface area contributed by atoms with Crippen LogP contribution in [0.5, 0.6) is 11.5 Å². The van der Waals surface area contributed by atoms with Crippen molar-refractivity contribution in [3.05, 3.63) is 59.7 Å². The predicted molar refractivity (Wildman–Crippen MR) is 154 cm³/mol. The lowest BCUT2D eigenvalue weighted by Crippen LogP contribution is -2.27. The molecule has 212 valence electrons. The number of aliphatic hydroxyl groups excluding tert-OH is 1. The molecule has 5 nitrogen and oxygen atoms in total. The quantitative estimate of drug-likeness (QED) is 0.236. The van der Waals surface area contributed by atoms with Gasteiger partial charge in [0.25, 0.3) is 0 Å². The maximum Gasteiger partial charge on any atom is 0.161 e. The molecule has 1 aliphatic carbocycles. The molecule has 0 amide bonds. The third-order valence-electron chi connectivity index (χ3n) is 8.35. The van der Waals surface area contributed by atoms with Gasteiger partial charge in [-0.25, -0.2) is 0 Å². The van der Waals surface area contributed by atoms with Gasteiger partial charge >= 0.3 is 0 Å². The average Bonchev–Trinajstić information content (AvgIpc) is 3.37. The van der Waals surface area contributed by atoms with E-state index >= 15 is 0 Å². The van der Waals surface area contributed by atoms with Crippen molar-refractivity contribution in [2.45, 2.75) is 72.0 Å².